The number of benzene rings is 2. The van der Waals surface area contributed by atoms with Gasteiger partial charge in [0.25, 0.3) is 0 Å². The standard InChI is InChI=1S/C24H31N5O2/c1-3-26-24(28-22-6-4-7-23(16-22)31-15-5-14-30-2)27-17-20-8-10-21(11-9-20)18-29-13-12-25-19-29/h4,6-13,16,19H,3,5,14-15,17-18H2,1-2H3,(H2,26,27,28). The maximum atomic E-state index is 5.78. The molecule has 7 nitrogen and oxygen atoms in total. The number of imidazole rings is 1. The minimum absolute atomic E-state index is 0.591. The van der Waals surface area contributed by atoms with Gasteiger partial charge in [-0.1, -0.05) is 30.3 Å². The number of nitrogens with zero attached hydrogens (tertiary/aromatic N) is 3. The number of aliphatic imine (C=N–C) groups is 1. The average molecular weight is 422 g/mol. The van der Waals surface area contributed by atoms with Gasteiger partial charge in [0.1, 0.15) is 5.75 Å². The molecule has 7 heteroatoms. The van der Waals surface area contributed by atoms with E-state index >= 15 is 0 Å². The summed E-state index contributed by atoms with van der Waals surface area (Å²) in [7, 11) is 1.70. The van der Waals surface area contributed by atoms with Crippen molar-refractivity contribution in [3.63, 3.8) is 0 Å². The molecule has 2 aromatic carbocycles. The van der Waals surface area contributed by atoms with Gasteiger partial charge >= 0.3 is 0 Å². The van der Waals surface area contributed by atoms with Crippen LogP contribution in [0.4, 0.5) is 5.69 Å². The lowest BCUT2D eigenvalue weighted by molar-refractivity contribution is 0.172. The Kier molecular flexibility index (Phi) is 8.94. The summed E-state index contributed by atoms with van der Waals surface area (Å²) in [5.41, 5.74) is 3.32. The predicted molar refractivity (Wildman–Crippen MR) is 125 cm³/mol. The molecule has 0 radical (unpaired) electrons. The molecule has 1 aromatic heterocycles. The summed E-state index contributed by atoms with van der Waals surface area (Å²) in [5.74, 6) is 1.56. The van der Waals surface area contributed by atoms with Crippen molar-refractivity contribution in [3.8, 4) is 5.75 Å². The van der Waals surface area contributed by atoms with Crippen LogP contribution in [0, 0.1) is 0 Å². The second-order valence-electron chi connectivity index (χ2n) is 7.09. The van der Waals surface area contributed by atoms with Crippen LogP contribution >= 0.6 is 0 Å². The molecule has 0 aliphatic heterocycles. The molecule has 1 heterocycles. The van der Waals surface area contributed by atoms with Gasteiger partial charge in [-0.2, -0.15) is 0 Å². The van der Waals surface area contributed by atoms with E-state index in [1.165, 1.54) is 5.56 Å². The van der Waals surface area contributed by atoms with Crippen LogP contribution in [0.3, 0.4) is 0 Å². The second-order valence-corrected chi connectivity index (χ2v) is 7.09. The number of hydrogen-bond donors (Lipinski definition) is 2. The maximum absolute atomic E-state index is 5.78. The number of nitrogens with one attached hydrogen (secondary N) is 2. The maximum Gasteiger partial charge on any atom is 0.196 e. The van der Waals surface area contributed by atoms with Crippen LogP contribution in [-0.2, 0) is 17.8 Å². The highest BCUT2D eigenvalue weighted by Crippen LogP contribution is 2.17. The first-order valence-electron chi connectivity index (χ1n) is 10.6. The molecule has 0 aliphatic rings. The molecule has 0 fully saturated rings. The summed E-state index contributed by atoms with van der Waals surface area (Å²) in [4.78, 5) is 8.80. The Hall–Kier alpha value is -3.32. The molecule has 0 spiro atoms. The first-order valence-corrected chi connectivity index (χ1v) is 10.6. The minimum atomic E-state index is 0.591. The lowest BCUT2D eigenvalue weighted by atomic mass is 10.1. The van der Waals surface area contributed by atoms with Gasteiger partial charge in [0.05, 0.1) is 19.5 Å². The summed E-state index contributed by atoms with van der Waals surface area (Å²) in [5, 5.41) is 6.65. The van der Waals surface area contributed by atoms with Crippen LogP contribution < -0.4 is 15.4 Å². The topological polar surface area (TPSA) is 72.7 Å². The van der Waals surface area contributed by atoms with E-state index in [4.69, 9.17) is 14.5 Å². The van der Waals surface area contributed by atoms with Crippen molar-refractivity contribution in [1.82, 2.24) is 14.9 Å². The highest BCUT2D eigenvalue weighted by molar-refractivity contribution is 5.93. The number of methoxy groups -OCH3 is 1. The van der Waals surface area contributed by atoms with Gasteiger partial charge in [-0.3, -0.25) is 0 Å². The molecule has 0 bridgehead atoms. The number of hydrogen-bond acceptors (Lipinski definition) is 4. The smallest absolute Gasteiger partial charge is 0.196 e. The Morgan fingerprint density at radius 1 is 1.10 bits per heavy atom. The van der Waals surface area contributed by atoms with Crippen molar-refractivity contribution in [2.45, 2.75) is 26.4 Å². The molecular weight excluding hydrogens is 390 g/mol. The zero-order valence-corrected chi connectivity index (χ0v) is 18.3. The van der Waals surface area contributed by atoms with E-state index in [2.05, 4.69) is 51.4 Å². The third-order valence-electron chi connectivity index (χ3n) is 4.57. The normalized spacial score (nSPS) is 11.4. The first kappa shape index (κ1) is 22.4. The van der Waals surface area contributed by atoms with Gasteiger partial charge in [-0.25, -0.2) is 9.98 Å². The molecule has 2 N–H and O–H groups in total. The summed E-state index contributed by atoms with van der Waals surface area (Å²) in [6.45, 7) is 5.56. The molecule has 0 saturated heterocycles. The van der Waals surface area contributed by atoms with E-state index < -0.39 is 0 Å². The van der Waals surface area contributed by atoms with Crippen LogP contribution in [-0.4, -0.2) is 42.4 Å². The Bertz CT molecular complexity index is 923. The first-order chi connectivity index (χ1) is 15.3. The number of guanidine groups is 1. The van der Waals surface area contributed by atoms with Crippen molar-refractivity contribution in [2.24, 2.45) is 4.99 Å². The van der Waals surface area contributed by atoms with Crippen molar-refractivity contribution >= 4 is 11.6 Å². The quantitative estimate of drug-likeness (QED) is 0.279. The molecule has 0 saturated carbocycles. The van der Waals surface area contributed by atoms with Gasteiger partial charge < -0.3 is 24.7 Å². The minimum Gasteiger partial charge on any atom is -0.493 e. The van der Waals surface area contributed by atoms with Gasteiger partial charge in [0, 0.05) is 57.4 Å². The molecule has 0 atom stereocenters. The molecule has 0 unspecified atom stereocenters. The largest absolute Gasteiger partial charge is 0.493 e. The zero-order valence-electron chi connectivity index (χ0n) is 18.3. The monoisotopic (exact) mass is 421 g/mol. The molecule has 164 valence electrons. The van der Waals surface area contributed by atoms with Gasteiger partial charge in [0.2, 0.25) is 0 Å². The van der Waals surface area contributed by atoms with E-state index in [-0.39, 0.29) is 0 Å². The van der Waals surface area contributed by atoms with E-state index in [1.807, 2.05) is 36.8 Å². The fraction of sp³-hybridized carbons (Fsp3) is 0.333. The van der Waals surface area contributed by atoms with Crippen molar-refractivity contribution in [3.05, 3.63) is 78.4 Å². The van der Waals surface area contributed by atoms with E-state index in [9.17, 15) is 0 Å². The van der Waals surface area contributed by atoms with Crippen molar-refractivity contribution in [2.75, 3.05) is 32.2 Å². The third kappa shape index (κ3) is 7.79. The number of anilines is 1. The third-order valence-corrected chi connectivity index (χ3v) is 4.57. The van der Waals surface area contributed by atoms with Gasteiger partial charge in [-0.05, 0) is 30.2 Å². The predicted octanol–water partition coefficient (Wildman–Crippen LogP) is 3.92. The summed E-state index contributed by atoms with van der Waals surface area (Å²) < 4.78 is 12.9. The van der Waals surface area contributed by atoms with Crippen LogP contribution in [0.2, 0.25) is 0 Å². The Labute approximate surface area is 184 Å². The van der Waals surface area contributed by atoms with Gasteiger partial charge in [0.15, 0.2) is 5.96 Å². The SMILES string of the molecule is CCNC(=NCc1ccc(Cn2ccnc2)cc1)Nc1cccc(OCCCOC)c1. The fourth-order valence-electron chi connectivity index (χ4n) is 3.01. The average Bonchev–Trinajstić information content (AvgIpc) is 3.30. The van der Waals surface area contributed by atoms with Crippen LogP contribution in [0.25, 0.3) is 0 Å². The Morgan fingerprint density at radius 2 is 1.94 bits per heavy atom. The van der Waals surface area contributed by atoms with Crippen LogP contribution in [0.15, 0.2) is 72.2 Å². The van der Waals surface area contributed by atoms with E-state index in [0.717, 1.165) is 42.5 Å². The van der Waals surface area contributed by atoms with E-state index in [1.54, 1.807) is 13.3 Å². The van der Waals surface area contributed by atoms with E-state index in [0.29, 0.717) is 19.8 Å². The molecule has 0 amide bonds. The van der Waals surface area contributed by atoms with Crippen molar-refractivity contribution < 1.29 is 9.47 Å². The lowest BCUT2D eigenvalue weighted by Gasteiger charge is -2.13. The molecule has 0 aliphatic carbocycles. The van der Waals surface area contributed by atoms with Crippen LogP contribution in [0.5, 0.6) is 5.75 Å². The Morgan fingerprint density at radius 3 is 2.68 bits per heavy atom. The highest BCUT2D eigenvalue weighted by atomic mass is 16.5. The second kappa shape index (κ2) is 12.4. The fourth-order valence-corrected chi connectivity index (χ4v) is 3.01. The summed E-state index contributed by atoms with van der Waals surface area (Å²) in [6, 6.07) is 16.4. The Balaban J connectivity index is 1.57. The summed E-state index contributed by atoms with van der Waals surface area (Å²) in [6.07, 6.45) is 6.44. The zero-order chi connectivity index (χ0) is 21.7. The summed E-state index contributed by atoms with van der Waals surface area (Å²) >= 11 is 0. The molecule has 31 heavy (non-hydrogen) atoms. The molecule has 3 aromatic rings. The molecule has 3 rings (SSSR count). The number of ether oxygens (including phenoxy) is 2. The lowest BCUT2D eigenvalue weighted by Crippen LogP contribution is -2.30. The molecular formula is C24H31N5O2. The van der Waals surface area contributed by atoms with Crippen molar-refractivity contribution in [1.29, 1.82) is 0 Å². The van der Waals surface area contributed by atoms with Crippen LogP contribution in [0.1, 0.15) is 24.5 Å². The number of aromatic nitrogens is 2. The number of rotatable bonds is 11. The van der Waals surface area contributed by atoms with Gasteiger partial charge in [-0.15, -0.1) is 0 Å². The highest BCUT2D eigenvalue weighted by Gasteiger charge is 2.02.